The number of carbonyl (C=O) groups excluding carboxylic acids is 2. The Labute approximate surface area is 179 Å². The fraction of sp³-hybridized carbons (Fsp3) is 0.348. The molecule has 4 rings (SSSR count). The van der Waals surface area contributed by atoms with Gasteiger partial charge in [0.05, 0.1) is 33.9 Å². The molecule has 0 bridgehead atoms. The topological polar surface area (TPSA) is 71.5 Å². The number of piperidine rings is 1. The molecular formula is C23H25N3O3S. The van der Waals surface area contributed by atoms with Gasteiger partial charge >= 0.3 is 5.97 Å². The van der Waals surface area contributed by atoms with Crippen LogP contribution in [0.4, 0.5) is 5.69 Å². The molecule has 7 heteroatoms. The van der Waals surface area contributed by atoms with Crippen molar-refractivity contribution in [2.24, 2.45) is 0 Å². The molecule has 1 saturated heterocycles. The fourth-order valence-electron chi connectivity index (χ4n) is 3.77. The van der Waals surface area contributed by atoms with Crippen molar-refractivity contribution in [3.63, 3.8) is 0 Å². The van der Waals surface area contributed by atoms with Gasteiger partial charge < -0.3 is 10.1 Å². The third-order valence-electron chi connectivity index (χ3n) is 5.21. The number of esters is 1. The molecule has 1 fully saturated rings. The number of anilines is 1. The Morgan fingerprint density at radius 3 is 2.77 bits per heavy atom. The predicted octanol–water partition coefficient (Wildman–Crippen LogP) is 4.29. The SMILES string of the molecule is CCOC(=O)c1ccc(NC(=O)CN2CCC[C@@H](c3nc4ccccc4s3)C2)cc1. The van der Waals surface area contributed by atoms with Crippen molar-refractivity contribution in [1.29, 1.82) is 0 Å². The van der Waals surface area contributed by atoms with Crippen molar-refractivity contribution >= 4 is 39.1 Å². The molecule has 6 nitrogen and oxygen atoms in total. The van der Waals surface area contributed by atoms with Crippen molar-refractivity contribution in [2.45, 2.75) is 25.7 Å². The molecule has 2 aromatic carbocycles. The number of likely N-dealkylation sites (tertiary alicyclic amines) is 1. The Morgan fingerprint density at radius 2 is 2.00 bits per heavy atom. The molecule has 1 aliphatic heterocycles. The van der Waals surface area contributed by atoms with E-state index in [1.807, 2.05) is 12.1 Å². The number of carbonyl (C=O) groups is 2. The number of amides is 1. The van der Waals surface area contributed by atoms with Gasteiger partial charge in [-0.1, -0.05) is 12.1 Å². The minimum atomic E-state index is -0.357. The molecule has 0 radical (unpaired) electrons. The number of hydrogen-bond donors (Lipinski definition) is 1. The maximum Gasteiger partial charge on any atom is 0.338 e. The van der Waals surface area contributed by atoms with Gasteiger partial charge in [0.2, 0.25) is 5.91 Å². The van der Waals surface area contributed by atoms with Crippen LogP contribution in [0, 0.1) is 0 Å². The van der Waals surface area contributed by atoms with Crippen LogP contribution in [0.3, 0.4) is 0 Å². The van der Waals surface area contributed by atoms with Gasteiger partial charge in [0.15, 0.2) is 0 Å². The minimum Gasteiger partial charge on any atom is -0.462 e. The van der Waals surface area contributed by atoms with Crippen LogP contribution in [0.25, 0.3) is 10.2 Å². The standard InChI is InChI=1S/C23H25N3O3S/c1-2-29-23(28)16-9-11-18(12-10-16)24-21(27)15-26-13-5-6-17(14-26)22-25-19-7-3-4-8-20(19)30-22/h3-4,7-12,17H,2,5-6,13-15H2,1H3,(H,24,27)/t17-/m1/s1. The number of nitrogens with one attached hydrogen (secondary N) is 1. The van der Waals surface area contributed by atoms with E-state index in [-0.39, 0.29) is 11.9 Å². The van der Waals surface area contributed by atoms with E-state index in [0.717, 1.165) is 36.5 Å². The second-order valence-corrected chi connectivity index (χ2v) is 8.50. The number of thiazole rings is 1. The van der Waals surface area contributed by atoms with Crippen LogP contribution >= 0.6 is 11.3 Å². The number of fused-ring (bicyclic) bond motifs is 1. The predicted molar refractivity (Wildman–Crippen MR) is 119 cm³/mol. The summed E-state index contributed by atoms with van der Waals surface area (Å²) in [4.78, 5) is 31.3. The molecule has 1 N–H and O–H groups in total. The quantitative estimate of drug-likeness (QED) is 0.599. The van der Waals surface area contributed by atoms with Gasteiger partial charge in [-0.2, -0.15) is 0 Å². The molecule has 2 heterocycles. The monoisotopic (exact) mass is 423 g/mol. The molecule has 1 amide bonds. The number of nitrogens with zero attached hydrogens (tertiary/aromatic N) is 2. The lowest BCUT2D eigenvalue weighted by Gasteiger charge is -2.31. The molecule has 1 aromatic heterocycles. The summed E-state index contributed by atoms with van der Waals surface area (Å²) in [5.41, 5.74) is 2.20. The minimum absolute atomic E-state index is 0.0520. The van der Waals surface area contributed by atoms with Crippen molar-refractivity contribution in [3.8, 4) is 0 Å². The van der Waals surface area contributed by atoms with E-state index < -0.39 is 0 Å². The van der Waals surface area contributed by atoms with Gasteiger partial charge in [0.25, 0.3) is 0 Å². The van der Waals surface area contributed by atoms with E-state index in [9.17, 15) is 9.59 Å². The largest absolute Gasteiger partial charge is 0.462 e. The molecular weight excluding hydrogens is 398 g/mol. The van der Waals surface area contributed by atoms with Crippen LogP contribution in [0.5, 0.6) is 0 Å². The lowest BCUT2D eigenvalue weighted by Crippen LogP contribution is -2.39. The summed E-state index contributed by atoms with van der Waals surface area (Å²) in [7, 11) is 0. The fourth-order valence-corrected chi connectivity index (χ4v) is 4.87. The molecule has 1 aliphatic rings. The van der Waals surface area contributed by atoms with Crippen LogP contribution in [-0.2, 0) is 9.53 Å². The van der Waals surface area contributed by atoms with Gasteiger partial charge in [-0.3, -0.25) is 9.69 Å². The van der Waals surface area contributed by atoms with Crippen molar-refractivity contribution in [1.82, 2.24) is 9.88 Å². The molecule has 0 saturated carbocycles. The normalized spacial score (nSPS) is 17.0. The van der Waals surface area contributed by atoms with Crippen LogP contribution in [0.15, 0.2) is 48.5 Å². The van der Waals surface area contributed by atoms with E-state index in [1.54, 1.807) is 42.5 Å². The van der Waals surface area contributed by atoms with E-state index in [4.69, 9.17) is 9.72 Å². The van der Waals surface area contributed by atoms with E-state index in [2.05, 4.69) is 22.3 Å². The lowest BCUT2D eigenvalue weighted by molar-refractivity contribution is -0.117. The summed E-state index contributed by atoms with van der Waals surface area (Å²) in [5.74, 6) is -0.0405. The Balaban J connectivity index is 1.33. The van der Waals surface area contributed by atoms with Gasteiger partial charge in [-0.25, -0.2) is 9.78 Å². The third kappa shape index (κ3) is 4.86. The molecule has 1 atom stereocenters. The first-order chi connectivity index (χ1) is 14.6. The van der Waals surface area contributed by atoms with Crippen LogP contribution in [-0.4, -0.2) is 48.0 Å². The van der Waals surface area contributed by atoms with E-state index >= 15 is 0 Å². The Kier molecular flexibility index (Phi) is 6.40. The number of para-hydroxylation sites is 1. The highest BCUT2D eigenvalue weighted by molar-refractivity contribution is 7.18. The maximum atomic E-state index is 12.5. The second kappa shape index (κ2) is 9.36. The van der Waals surface area contributed by atoms with E-state index in [0.29, 0.717) is 30.3 Å². The molecule has 156 valence electrons. The number of aromatic nitrogens is 1. The summed E-state index contributed by atoms with van der Waals surface area (Å²) in [6.07, 6.45) is 2.16. The summed E-state index contributed by atoms with van der Waals surface area (Å²) in [6.45, 7) is 4.21. The maximum absolute atomic E-state index is 12.5. The first-order valence-corrected chi connectivity index (χ1v) is 11.1. The summed E-state index contributed by atoms with van der Waals surface area (Å²) < 4.78 is 6.19. The Bertz CT molecular complexity index is 999. The number of ether oxygens (including phenoxy) is 1. The van der Waals surface area contributed by atoms with E-state index in [1.165, 1.54) is 4.70 Å². The first kappa shape index (κ1) is 20.5. The zero-order valence-electron chi connectivity index (χ0n) is 17.0. The first-order valence-electron chi connectivity index (χ1n) is 10.3. The van der Waals surface area contributed by atoms with Gasteiger partial charge in [0.1, 0.15) is 0 Å². The van der Waals surface area contributed by atoms with Crippen molar-refractivity contribution in [3.05, 3.63) is 59.1 Å². The van der Waals surface area contributed by atoms with Gasteiger partial charge in [0, 0.05) is 18.2 Å². The molecule has 3 aromatic rings. The van der Waals surface area contributed by atoms with Crippen LogP contribution in [0.2, 0.25) is 0 Å². The molecule has 0 spiro atoms. The highest BCUT2D eigenvalue weighted by Gasteiger charge is 2.25. The zero-order valence-corrected chi connectivity index (χ0v) is 17.8. The summed E-state index contributed by atoms with van der Waals surface area (Å²) in [6, 6.07) is 15.0. The molecule has 30 heavy (non-hydrogen) atoms. The summed E-state index contributed by atoms with van der Waals surface area (Å²) >= 11 is 1.76. The zero-order chi connectivity index (χ0) is 20.9. The highest BCUT2D eigenvalue weighted by Crippen LogP contribution is 2.32. The van der Waals surface area contributed by atoms with Gasteiger partial charge in [-0.05, 0) is 62.7 Å². The Morgan fingerprint density at radius 1 is 1.20 bits per heavy atom. The summed E-state index contributed by atoms with van der Waals surface area (Å²) in [5, 5.41) is 4.08. The molecule has 0 unspecified atom stereocenters. The smallest absolute Gasteiger partial charge is 0.338 e. The van der Waals surface area contributed by atoms with Crippen molar-refractivity contribution < 1.29 is 14.3 Å². The second-order valence-electron chi connectivity index (χ2n) is 7.44. The number of benzene rings is 2. The van der Waals surface area contributed by atoms with Gasteiger partial charge in [-0.15, -0.1) is 11.3 Å². The molecule has 0 aliphatic carbocycles. The average molecular weight is 424 g/mol. The number of rotatable bonds is 6. The van der Waals surface area contributed by atoms with Crippen LogP contribution < -0.4 is 5.32 Å². The Hall–Kier alpha value is -2.77. The third-order valence-corrected chi connectivity index (χ3v) is 6.41. The average Bonchev–Trinajstić information content (AvgIpc) is 3.19. The lowest BCUT2D eigenvalue weighted by atomic mass is 9.99. The highest BCUT2D eigenvalue weighted by atomic mass is 32.1. The number of hydrogen-bond acceptors (Lipinski definition) is 6. The van der Waals surface area contributed by atoms with Crippen LogP contribution in [0.1, 0.15) is 41.0 Å². The van der Waals surface area contributed by atoms with Crippen molar-refractivity contribution in [2.75, 3.05) is 31.6 Å².